The van der Waals surface area contributed by atoms with Gasteiger partial charge >= 0.3 is 12.5 Å². The summed E-state index contributed by atoms with van der Waals surface area (Å²) in [5, 5.41) is 0. The van der Waals surface area contributed by atoms with Gasteiger partial charge in [0.1, 0.15) is 12.4 Å². The first-order chi connectivity index (χ1) is 7.86. The third-order valence-electron chi connectivity index (χ3n) is 1.96. The van der Waals surface area contributed by atoms with Crippen LogP contribution in [0, 0.1) is 0 Å². The molecule has 0 fully saturated rings. The van der Waals surface area contributed by atoms with Crippen molar-refractivity contribution in [1.82, 2.24) is 0 Å². The lowest BCUT2D eigenvalue weighted by Gasteiger charge is -2.17. The van der Waals surface area contributed by atoms with E-state index in [1.165, 1.54) is 12.1 Å². The molecule has 2 N–H and O–H groups in total. The van der Waals surface area contributed by atoms with Crippen molar-refractivity contribution in [1.29, 1.82) is 0 Å². The fourth-order valence-electron chi connectivity index (χ4n) is 1.10. The van der Waals surface area contributed by atoms with Crippen LogP contribution in [-0.4, -0.2) is 19.2 Å². The van der Waals surface area contributed by atoms with E-state index in [1.807, 2.05) is 0 Å². The molecule has 2 nitrogen and oxygen atoms in total. The number of rotatable bonds is 5. The summed E-state index contributed by atoms with van der Waals surface area (Å²) in [7, 11) is 0. The second-order valence-electron chi connectivity index (χ2n) is 3.30. The smallest absolute Gasteiger partial charge is 0.428 e. The van der Waals surface area contributed by atoms with Crippen LogP contribution in [0.3, 0.4) is 0 Å². The zero-order valence-electron chi connectivity index (χ0n) is 8.55. The summed E-state index contributed by atoms with van der Waals surface area (Å²) in [6, 6.07) is 3.71. The Hall–Kier alpha value is -1.37. The Morgan fingerprint density at radius 3 is 2.47 bits per heavy atom. The van der Waals surface area contributed by atoms with Gasteiger partial charge in [-0.15, -0.1) is 0 Å². The average Bonchev–Trinajstić information content (AvgIpc) is 2.27. The Bertz CT molecular complexity index is 371. The predicted molar refractivity (Wildman–Crippen MR) is 50.9 cm³/mol. The van der Waals surface area contributed by atoms with Crippen molar-refractivity contribution in [2.24, 2.45) is 5.73 Å². The van der Waals surface area contributed by atoms with E-state index in [0.717, 1.165) is 12.1 Å². The molecule has 96 valence electrons. The summed E-state index contributed by atoms with van der Waals surface area (Å²) in [5.74, 6) is -0.489. The molecule has 0 aliphatic rings. The van der Waals surface area contributed by atoms with Gasteiger partial charge in [-0.3, -0.25) is 0 Å². The topological polar surface area (TPSA) is 35.2 Å². The van der Waals surface area contributed by atoms with E-state index in [4.69, 9.17) is 5.73 Å². The Morgan fingerprint density at radius 2 is 1.94 bits per heavy atom. The lowest BCUT2D eigenvalue weighted by molar-refractivity contribution is -0.253. The molecule has 0 saturated heterocycles. The SMILES string of the molecule is N[C@@H](CF)c1cccc(OC(F)(F)C(F)F)c1. The van der Waals surface area contributed by atoms with Gasteiger partial charge in [-0.1, -0.05) is 12.1 Å². The zero-order chi connectivity index (χ0) is 13.1. The fourth-order valence-corrected chi connectivity index (χ4v) is 1.10. The summed E-state index contributed by atoms with van der Waals surface area (Å²) < 4.78 is 64.9. The molecule has 0 aliphatic heterocycles. The molecule has 1 atom stereocenters. The molecule has 0 saturated carbocycles. The van der Waals surface area contributed by atoms with Crippen LogP contribution in [0.4, 0.5) is 22.0 Å². The van der Waals surface area contributed by atoms with Crippen LogP contribution < -0.4 is 10.5 Å². The van der Waals surface area contributed by atoms with Gasteiger partial charge in [0.05, 0.1) is 6.04 Å². The van der Waals surface area contributed by atoms with Crippen LogP contribution in [0.2, 0.25) is 0 Å². The molecule has 0 unspecified atom stereocenters. The zero-order valence-corrected chi connectivity index (χ0v) is 8.55. The monoisotopic (exact) mass is 255 g/mol. The van der Waals surface area contributed by atoms with Crippen LogP contribution in [0.15, 0.2) is 24.3 Å². The third-order valence-corrected chi connectivity index (χ3v) is 1.96. The minimum absolute atomic E-state index is 0.190. The highest BCUT2D eigenvalue weighted by atomic mass is 19.3. The van der Waals surface area contributed by atoms with Gasteiger partial charge in [0.15, 0.2) is 0 Å². The highest BCUT2D eigenvalue weighted by molar-refractivity contribution is 5.30. The molecule has 0 radical (unpaired) electrons. The van der Waals surface area contributed by atoms with Crippen molar-refractivity contribution in [2.75, 3.05) is 6.67 Å². The fraction of sp³-hybridized carbons (Fsp3) is 0.400. The molecule has 7 heteroatoms. The van der Waals surface area contributed by atoms with Crippen LogP contribution in [0.1, 0.15) is 11.6 Å². The molecular formula is C10H10F5NO. The standard InChI is InChI=1S/C10H10F5NO/c11-5-8(16)6-2-1-3-7(4-6)17-10(14,15)9(12)13/h1-4,8-9H,5,16H2/t8-/m0/s1. The number of nitrogens with two attached hydrogens (primary N) is 1. The number of benzene rings is 1. The summed E-state index contributed by atoms with van der Waals surface area (Å²) >= 11 is 0. The maximum absolute atomic E-state index is 12.6. The second kappa shape index (κ2) is 5.31. The van der Waals surface area contributed by atoms with E-state index < -0.39 is 31.0 Å². The van der Waals surface area contributed by atoms with Crippen molar-refractivity contribution in [3.63, 3.8) is 0 Å². The molecule has 0 aromatic heterocycles. The van der Waals surface area contributed by atoms with Gasteiger partial charge in [0.2, 0.25) is 0 Å². The summed E-state index contributed by atoms with van der Waals surface area (Å²) in [6.07, 6.45) is -8.53. The Morgan fingerprint density at radius 1 is 1.29 bits per heavy atom. The highest BCUT2D eigenvalue weighted by Gasteiger charge is 2.43. The second-order valence-corrected chi connectivity index (χ2v) is 3.30. The van der Waals surface area contributed by atoms with Gasteiger partial charge in [-0.2, -0.15) is 17.6 Å². The van der Waals surface area contributed by atoms with Crippen LogP contribution in [0.5, 0.6) is 5.75 Å². The maximum Gasteiger partial charge on any atom is 0.461 e. The van der Waals surface area contributed by atoms with Gasteiger partial charge < -0.3 is 10.5 Å². The first-order valence-corrected chi connectivity index (χ1v) is 4.63. The number of hydrogen-bond donors (Lipinski definition) is 1. The molecular weight excluding hydrogens is 245 g/mol. The van der Waals surface area contributed by atoms with E-state index in [1.54, 1.807) is 0 Å². The first kappa shape index (κ1) is 13.7. The Labute approximate surface area is 94.2 Å². The molecule has 0 aliphatic carbocycles. The van der Waals surface area contributed by atoms with Gasteiger partial charge in [-0.25, -0.2) is 4.39 Å². The minimum atomic E-state index is -4.58. The van der Waals surface area contributed by atoms with E-state index in [-0.39, 0.29) is 5.56 Å². The number of alkyl halides is 5. The van der Waals surface area contributed by atoms with E-state index in [0.29, 0.717) is 0 Å². The highest BCUT2D eigenvalue weighted by Crippen LogP contribution is 2.28. The average molecular weight is 255 g/mol. The van der Waals surface area contributed by atoms with Crippen LogP contribution >= 0.6 is 0 Å². The quantitative estimate of drug-likeness (QED) is 0.821. The summed E-state index contributed by atoms with van der Waals surface area (Å²) in [6.45, 7) is -0.894. The van der Waals surface area contributed by atoms with Crippen molar-refractivity contribution in [3.8, 4) is 5.75 Å². The van der Waals surface area contributed by atoms with Crippen molar-refractivity contribution < 1.29 is 26.7 Å². The number of halogens is 5. The van der Waals surface area contributed by atoms with Crippen molar-refractivity contribution >= 4 is 0 Å². The number of hydrogen-bond acceptors (Lipinski definition) is 2. The predicted octanol–water partition coefficient (Wildman–Crippen LogP) is 2.89. The molecule has 0 amide bonds. The molecule has 1 rings (SSSR count). The maximum atomic E-state index is 12.6. The molecule has 0 heterocycles. The molecule has 0 bridgehead atoms. The van der Waals surface area contributed by atoms with Crippen LogP contribution in [0.25, 0.3) is 0 Å². The summed E-state index contributed by atoms with van der Waals surface area (Å²) in [5.41, 5.74) is 5.51. The van der Waals surface area contributed by atoms with Crippen molar-refractivity contribution in [2.45, 2.75) is 18.6 Å². The Balaban J connectivity index is 2.86. The lowest BCUT2D eigenvalue weighted by atomic mass is 10.1. The van der Waals surface area contributed by atoms with E-state index >= 15 is 0 Å². The van der Waals surface area contributed by atoms with Crippen LogP contribution in [-0.2, 0) is 0 Å². The third kappa shape index (κ3) is 3.55. The largest absolute Gasteiger partial charge is 0.461 e. The van der Waals surface area contributed by atoms with Gasteiger partial charge in [0.25, 0.3) is 0 Å². The van der Waals surface area contributed by atoms with Gasteiger partial charge in [-0.05, 0) is 17.7 Å². The minimum Gasteiger partial charge on any atom is -0.428 e. The normalized spacial score (nSPS) is 13.8. The molecule has 1 aromatic rings. The molecule has 1 aromatic carbocycles. The summed E-state index contributed by atoms with van der Waals surface area (Å²) in [4.78, 5) is 0. The lowest BCUT2D eigenvalue weighted by Crippen LogP contribution is -2.33. The molecule has 17 heavy (non-hydrogen) atoms. The van der Waals surface area contributed by atoms with Gasteiger partial charge in [0, 0.05) is 0 Å². The van der Waals surface area contributed by atoms with E-state index in [9.17, 15) is 22.0 Å². The Kier molecular flexibility index (Phi) is 4.28. The van der Waals surface area contributed by atoms with E-state index in [2.05, 4.69) is 4.74 Å². The number of ether oxygens (including phenoxy) is 1. The first-order valence-electron chi connectivity index (χ1n) is 4.63. The molecule has 0 spiro atoms. The van der Waals surface area contributed by atoms with Crippen molar-refractivity contribution in [3.05, 3.63) is 29.8 Å².